The molecule has 6 nitrogen and oxygen atoms in total. The minimum absolute atomic E-state index is 0.000522. The molecule has 0 spiro atoms. The lowest BCUT2D eigenvalue weighted by Gasteiger charge is -2.05. The van der Waals surface area contributed by atoms with Gasteiger partial charge in [-0.1, -0.05) is 17.0 Å². The second-order valence-corrected chi connectivity index (χ2v) is 5.27. The Morgan fingerprint density at radius 3 is 2.80 bits per heavy atom. The second kappa shape index (κ2) is 5.73. The molecule has 0 saturated carbocycles. The number of nitrogens with zero attached hydrogens (tertiary/aromatic N) is 1. The largest absolute Gasteiger partial charge is 0.384 e. The SMILES string of the molecule is O=S(=O)(Nc1ccon1)c1ccc(C#CCO)c(F)c1. The summed E-state index contributed by atoms with van der Waals surface area (Å²) < 4.78 is 44.2. The van der Waals surface area contributed by atoms with Gasteiger partial charge in [0.2, 0.25) is 0 Å². The minimum Gasteiger partial charge on any atom is -0.384 e. The minimum atomic E-state index is -3.95. The van der Waals surface area contributed by atoms with E-state index in [0.29, 0.717) is 0 Å². The van der Waals surface area contributed by atoms with Gasteiger partial charge in [0.15, 0.2) is 5.82 Å². The highest BCUT2D eigenvalue weighted by molar-refractivity contribution is 7.92. The Balaban J connectivity index is 2.31. The Morgan fingerprint density at radius 1 is 1.40 bits per heavy atom. The number of sulfonamides is 1. The summed E-state index contributed by atoms with van der Waals surface area (Å²) in [5.74, 6) is 3.85. The normalized spacial score (nSPS) is 10.7. The van der Waals surface area contributed by atoms with E-state index in [9.17, 15) is 12.8 Å². The maximum atomic E-state index is 13.7. The fourth-order valence-electron chi connectivity index (χ4n) is 1.36. The molecule has 20 heavy (non-hydrogen) atoms. The molecule has 0 atom stereocenters. The number of nitrogens with one attached hydrogen (secondary N) is 1. The number of aromatic nitrogens is 1. The molecule has 8 heteroatoms. The highest BCUT2D eigenvalue weighted by atomic mass is 32.2. The lowest BCUT2D eigenvalue weighted by Crippen LogP contribution is -2.13. The Hall–Kier alpha value is -2.37. The van der Waals surface area contributed by atoms with Gasteiger partial charge in [0.1, 0.15) is 18.7 Å². The molecular weight excluding hydrogens is 287 g/mol. The van der Waals surface area contributed by atoms with Gasteiger partial charge in [-0.25, -0.2) is 12.8 Å². The van der Waals surface area contributed by atoms with Gasteiger partial charge in [0.25, 0.3) is 10.0 Å². The summed E-state index contributed by atoms with van der Waals surface area (Å²) in [7, 11) is -3.95. The van der Waals surface area contributed by atoms with Crippen LogP contribution < -0.4 is 4.72 Å². The number of hydrogen-bond donors (Lipinski definition) is 2. The zero-order chi connectivity index (χ0) is 14.6. The van der Waals surface area contributed by atoms with Crippen molar-refractivity contribution in [1.82, 2.24) is 5.16 Å². The lowest BCUT2D eigenvalue weighted by atomic mass is 10.2. The molecule has 1 aromatic heterocycles. The van der Waals surface area contributed by atoms with E-state index >= 15 is 0 Å². The van der Waals surface area contributed by atoms with Gasteiger partial charge >= 0.3 is 0 Å². The molecular formula is C12H9FN2O4S. The summed E-state index contributed by atoms with van der Waals surface area (Å²) in [6.45, 7) is -0.410. The Morgan fingerprint density at radius 2 is 2.20 bits per heavy atom. The summed E-state index contributed by atoms with van der Waals surface area (Å²) in [6.07, 6.45) is 1.20. The van der Waals surface area contributed by atoms with Crippen LogP contribution in [0.1, 0.15) is 5.56 Å². The van der Waals surface area contributed by atoms with Crippen LogP contribution in [0, 0.1) is 17.7 Å². The topological polar surface area (TPSA) is 92.4 Å². The fourth-order valence-corrected chi connectivity index (χ4v) is 2.37. The third-order valence-electron chi connectivity index (χ3n) is 2.23. The number of halogens is 1. The molecule has 0 radical (unpaired) electrons. The zero-order valence-corrected chi connectivity index (χ0v) is 10.8. The number of aliphatic hydroxyl groups excluding tert-OH is 1. The first-order valence-electron chi connectivity index (χ1n) is 5.35. The standard InChI is InChI=1S/C12H9FN2O4S/c13-11-8-10(4-3-9(11)2-1-6-16)20(17,18)15-12-5-7-19-14-12/h3-5,7-8,16H,6H2,(H,14,15). The van der Waals surface area contributed by atoms with Crippen molar-refractivity contribution in [2.24, 2.45) is 0 Å². The fraction of sp³-hybridized carbons (Fsp3) is 0.0833. The first kappa shape index (κ1) is 14.0. The Bertz CT molecular complexity index is 760. The average molecular weight is 296 g/mol. The zero-order valence-electron chi connectivity index (χ0n) is 10.00. The van der Waals surface area contributed by atoms with Gasteiger partial charge in [-0.05, 0) is 18.2 Å². The van der Waals surface area contributed by atoms with Crippen LogP contribution in [0.25, 0.3) is 0 Å². The van der Waals surface area contributed by atoms with Crippen molar-refractivity contribution in [2.45, 2.75) is 4.90 Å². The summed E-state index contributed by atoms with van der Waals surface area (Å²) in [4.78, 5) is -0.271. The molecule has 0 aliphatic rings. The van der Waals surface area contributed by atoms with Crippen LogP contribution in [0.4, 0.5) is 10.2 Å². The van der Waals surface area contributed by atoms with Gasteiger partial charge in [0, 0.05) is 6.07 Å². The molecule has 0 aliphatic carbocycles. The van der Waals surface area contributed by atoms with E-state index in [-0.39, 0.29) is 16.3 Å². The predicted molar refractivity (Wildman–Crippen MR) is 67.7 cm³/mol. The van der Waals surface area contributed by atoms with Crippen LogP contribution in [0.5, 0.6) is 0 Å². The smallest absolute Gasteiger partial charge is 0.263 e. The van der Waals surface area contributed by atoms with E-state index in [0.717, 1.165) is 6.07 Å². The highest BCUT2D eigenvalue weighted by Gasteiger charge is 2.17. The van der Waals surface area contributed by atoms with Crippen molar-refractivity contribution in [2.75, 3.05) is 11.3 Å². The Kier molecular flexibility index (Phi) is 4.02. The molecule has 0 unspecified atom stereocenters. The molecule has 1 heterocycles. The molecule has 0 aliphatic heterocycles. The maximum absolute atomic E-state index is 13.7. The van der Waals surface area contributed by atoms with Gasteiger partial charge in [-0.2, -0.15) is 0 Å². The Labute approximate surface area is 114 Å². The van der Waals surface area contributed by atoms with Gasteiger partial charge in [-0.15, -0.1) is 0 Å². The summed E-state index contributed by atoms with van der Waals surface area (Å²) in [5.41, 5.74) is -0.000522. The van der Waals surface area contributed by atoms with Gasteiger partial charge in [0.05, 0.1) is 10.5 Å². The van der Waals surface area contributed by atoms with Gasteiger partial charge in [-0.3, -0.25) is 4.72 Å². The third-order valence-corrected chi connectivity index (χ3v) is 3.58. The van der Waals surface area contributed by atoms with Gasteiger partial charge < -0.3 is 9.63 Å². The van der Waals surface area contributed by atoms with E-state index in [1.54, 1.807) is 0 Å². The van der Waals surface area contributed by atoms with Crippen molar-refractivity contribution in [3.8, 4) is 11.8 Å². The van der Waals surface area contributed by atoms with Crippen LogP contribution in [0.15, 0.2) is 39.9 Å². The number of rotatable bonds is 3. The molecule has 1 aromatic carbocycles. The maximum Gasteiger partial charge on any atom is 0.263 e. The van der Waals surface area contributed by atoms with E-state index in [1.165, 1.54) is 24.5 Å². The van der Waals surface area contributed by atoms with E-state index < -0.39 is 22.4 Å². The third kappa shape index (κ3) is 3.14. The summed E-state index contributed by atoms with van der Waals surface area (Å²) in [5, 5.41) is 11.9. The van der Waals surface area contributed by atoms with Crippen LogP contribution in [0.3, 0.4) is 0 Å². The highest BCUT2D eigenvalue weighted by Crippen LogP contribution is 2.17. The van der Waals surface area contributed by atoms with Crippen LogP contribution in [-0.4, -0.2) is 25.3 Å². The molecule has 0 amide bonds. The molecule has 0 bridgehead atoms. The summed E-state index contributed by atoms with van der Waals surface area (Å²) in [6, 6.07) is 4.57. The van der Waals surface area contributed by atoms with Crippen LogP contribution in [0.2, 0.25) is 0 Å². The second-order valence-electron chi connectivity index (χ2n) is 3.59. The molecule has 2 aromatic rings. The first-order valence-corrected chi connectivity index (χ1v) is 6.84. The quantitative estimate of drug-likeness (QED) is 0.823. The molecule has 0 saturated heterocycles. The van der Waals surface area contributed by atoms with Crippen molar-refractivity contribution >= 4 is 15.8 Å². The predicted octanol–water partition coefficient (Wildman–Crippen LogP) is 0.958. The first-order chi connectivity index (χ1) is 9.53. The van der Waals surface area contributed by atoms with Crippen LogP contribution in [-0.2, 0) is 10.0 Å². The van der Waals surface area contributed by atoms with Crippen molar-refractivity contribution < 1.29 is 22.4 Å². The molecule has 2 rings (SSSR count). The van der Waals surface area contributed by atoms with Crippen LogP contribution >= 0.6 is 0 Å². The molecule has 0 fully saturated rings. The number of aliphatic hydroxyl groups is 1. The lowest BCUT2D eigenvalue weighted by molar-refractivity contribution is 0.350. The van der Waals surface area contributed by atoms with E-state index in [4.69, 9.17) is 5.11 Å². The van der Waals surface area contributed by atoms with Crippen molar-refractivity contribution in [1.29, 1.82) is 0 Å². The number of hydrogen-bond acceptors (Lipinski definition) is 5. The summed E-state index contributed by atoms with van der Waals surface area (Å²) >= 11 is 0. The van der Waals surface area contributed by atoms with E-state index in [1.807, 2.05) is 0 Å². The van der Waals surface area contributed by atoms with E-state index in [2.05, 4.69) is 26.2 Å². The molecule has 2 N–H and O–H groups in total. The van der Waals surface area contributed by atoms with Crippen molar-refractivity contribution in [3.63, 3.8) is 0 Å². The molecule has 104 valence electrons. The monoisotopic (exact) mass is 296 g/mol. The number of anilines is 1. The van der Waals surface area contributed by atoms with Crippen molar-refractivity contribution in [3.05, 3.63) is 41.9 Å². The average Bonchev–Trinajstić information content (AvgIpc) is 2.89. The number of benzene rings is 1.